The van der Waals surface area contributed by atoms with Crippen molar-refractivity contribution >= 4 is 46.4 Å². The van der Waals surface area contributed by atoms with Crippen LogP contribution in [0.1, 0.15) is 25.7 Å². The Morgan fingerprint density at radius 1 is 1.00 bits per heavy atom. The lowest BCUT2D eigenvalue weighted by Gasteiger charge is -2.29. The van der Waals surface area contributed by atoms with Crippen LogP contribution in [-0.2, 0) is 14.4 Å². The summed E-state index contributed by atoms with van der Waals surface area (Å²) in [6.45, 7) is -0.204. The maximum absolute atomic E-state index is 13.2. The molecule has 1 aliphatic heterocycles. The van der Waals surface area contributed by atoms with Crippen LogP contribution in [0.15, 0.2) is 48.5 Å². The number of hydrogen-bond acceptors (Lipinski definition) is 4. The summed E-state index contributed by atoms with van der Waals surface area (Å²) in [5, 5.41) is 5.35. The predicted molar refractivity (Wildman–Crippen MR) is 132 cm³/mol. The van der Waals surface area contributed by atoms with Crippen LogP contribution in [0.5, 0.6) is 0 Å². The highest BCUT2D eigenvalue weighted by molar-refractivity contribution is 6.30. The van der Waals surface area contributed by atoms with E-state index in [1.54, 1.807) is 53.4 Å². The second-order valence-electron chi connectivity index (χ2n) is 9.08. The maximum atomic E-state index is 13.2. The highest BCUT2D eigenvalue weighted by Crippen LogP contribution is 2.36. The number of amides is 3. The second kappa shape index (κ2) is 12.1. The van der Waals surface area contributed by atoms with Crippen molar-refractivity contribution < 1.29 is 40.7 Å². The second-order valence-corrected chi connectivity index (χ2v) is 9.52. The van der Waals surface area contributed by atoms with Crippen molar-refractivity contribution in [3.63, 3.8) is 0 Å². The monoisotopic (exact) mass is 578 g/mol. The molecule has 0 saturated carbocycles. The van der Waals surface area contributed by atoms with Gasteiger partial charge in [-0.3, -0.25) is 14.4 Å². The average Bonchev–Trinajstić information content (AvgIpc) is 2.95. The van der Waals surface area contributed by atoms with Crippen molar-refractivity contribution in [2.75, 3.05) is 16.8 Å². The lowest BCUT2D eigenvalue weighted by Crippen LogP contribution is -2.52. The summed E-state index contributed by atoms with van der Waals surface area (Å²) >= 11 is 6.13. The van der Waals surface area contributed by atoms with Gasteiger partial charge in [-0.05, 0) is 43.2 Å². The largest absolute Gasteiger partial charge is 0.389 e. The molecule has 0 fully saturated rings. The molecule has 39 heavy (non-hydrogen) atoms. The van der Waals surface area contributed by atoms with Crippen molar-refractivity contribution in [1.29, 1.82) is 0 Å². The minimum absolute atomic E-state index is 0.204. The molecule has 3 amide bonds. The van der Waals surface area contributed by atoms with Crippen LogP contribution in [0.4, 0.5) is 43.4 Å². The number of nitrogens with one attached hydrogen (secondary N) is 2. The van der Waals surface area contributed by atoms with Crippen LogP contribution in [0.25, 0.3) is 0 Å². The van der Waals surface area contributed by atoms with Gasteiger partial charge in [-0.1, -0.05) is 29.8 Å². The molecule has 0 spiro atoms. The Labute approximate surface area is 224 Å². The van der Waals surface area contributed by atoms with E-state index in [1.807, 2.05) is 0 Å². The molecule has 7 nitrogen and oxygen atoms in total. The predicted octanol–water partition coefficient (Wildman–Crippen LogP) is 5.32. The van der Waals surface area contributed by atoms with Gasteiger partial charge in [0.05, 0.1) is 17.9 Å². The molecular weight excluding hydrogens is 554 g/mol. The quantitative estimate of drug-likeness (QED) is 0.350. The Morgan fingerprint density at radius 2 is 1.62 bits per heavy atom. The lowest BCUT2D eigenvalue weighted by atomic mass is 9.83. The number of anilines is 3. The van der Waals surface area contributed by atoms with Gasteiger partial charge in [-0.2, -0.15) is 26.3 Å². The third kappa shape index (κ3) is 8.50. The Kier molecular flexibility index (Phi) is 9.36. The zero-order chi connectivity index (χ0) is 29.0. The summed E-state index contributed by atoms with van der Waals surface area (Å²) in [6.07, 6.45) is -14.5. The van der Waals surface area contributed by atoms with Crippen LogP contribution < -0.4 is 21.3 Å². The molecule has 3 rings (SSSR count). The van der Waals surface area contributed by atoms with Gasteiger partial charge in [-0.25, -0.2) is 0 Å². The summed E-state index contributed by atoms with van der Waals surface area (Å²) in [7, 11) is 0. The topological polar surface area (TPSA) is 105 Å². The molecule has 0 saturated heterocycles. The molecule has 0 aliphatic carbocycles. The smallest absolute Gasteiger partial charge is 0.369 e. The highest BCUT2D eigenvalue weighted by atomic mass is 35.5. The maximum Gasteiger partial charge on any atom is 0.389 e. The van der Waals surface area contributed by atoms with E-state index in [0.717, 1.165) is 0 Å². The van der Waals surface area contributed by atoms with Gasteiger partial charge < -0.3 is 21.3 Å². The molecule has 4 N–H and O–H groups in total. The van der Waals surface area contributed by atoms with Gasteiger partial charge in [0.25, 0.3) is 0 Å². The number of hydrogen-bond donors (Lipinski definition) is 3. The highest BCUT2D eigenvalue weighted by Gasteiger charge is 2.41. The number of rotatable bonds is 9. The van der Waals surface area contributed by atoms with E-state index in [4.69, 9.17) is 17.3 Å². The van der Waals surface area contributed by atoms with Crippen LogP contribution in [0.3, 0.4) is 0 Å². The molecule has 14 heteroatoms. The van der Waals surface area contributed by atoms with E-state index in [1.165, 1.54) is 0 Å². The number of nitrogens with two attached hydrogens (primary N) is 1. The number of primary amides is 1. The first-order valence-electron chi connectivity index (χ1n) is 11.8. The van der Waals surface area contributed by atoms with Crippen molar-refractivity contribution in [3.8, 4) is 0 Å². The fraction of sp³-hybridized carbons (Fsp3) is 0.400. The van der Waals surface area contributed by atoms with Crippen molar-refractivity contribution in [3.05, 3.63) is 53.6 Å². The molecule has 2 aromatic carbocycles. The van der Waals surface area contributed by atoms with Crippen LogP contribution >= 0.6 is 11.6 Å². The molecule has 1 aliphatic rings. The minimum atomic E-state index is -4.75. The van der Waals surface area contributed by atoms with Gasteiger partial charge in [0.15, 0.2) is 0 Å². The number of alkyl halides is 6. The van der Waals surface area contributed by atoms with Gasteiger partial charge in [0.1, 0.15) is 6.04 Å². The Hall–Kier alpha value is -3.48. The first-order valence-corrected chi connectivity index (χ1v) is 12.2. The molecule has 0 bridgehead atoms. The molecule has 0 aromatic heterocycles. The van der Waals surface area contributed by atoms with Gasteiger partial charge in [0, 0.05) is 35.4 Å². The van der Waals surface area contributed by atoms with E-state index in [0.29, 0.717) is 22.1 Å². The average molecular weight is 579 g/mol. The Balaban J connectivity index is 1.92. The zero-order valence-electron chi connectivity index (χ0n) is 20.3. The third-order valence-electron chi connectivity index (χ3n) is 6.24. The van der Waals surface area contributed by atoms with Crippen LogP contribution in [-0.4, -0.2) is 42.7 Å². The van der Waals surface area contributed by atoms with E-state index in [-0.39, 0.29) is 6.54 Å². The summed E-state index contributed by atoms with van der Waals surface area (Å²) < 4.78 is 77.6. The molecule has 212 valence electrons. The molecule has 0 unspecified atom stereocenters. The van der Waals surface area contributed by atoms with E-state index >= 15 is 0 Å². The number of carbonyl (C=O) groups is 3. The SMILES string of the molecule is NC(=O)[C@H](CCC(F)(F)F)[C@H](CCC(F)(F)F)C(=O)N[C@H]1CN(c2cccc(Cl)c2)c2ccccc2NC1=O. The standard InChI is InChI=1S/C25H25ClF6N4O3/c26-14-4-3-5-15(12-14)36-13-19(23(39)34-18-6-1-2-7-20(18)36)35-22(38)17(9-11-25(30,31)32)16(21(33)37)8-10-24(27,28)29/h1-7,12,16-17,19H,8-11,13H2,(H2,33,37)(H,34,39)(H,35,38)/t16-,17+,19+/m1/s1. The summed E-state index contributed by atoms with van der Waals surface area (Å²) in [6, 6.07) is 11.8. The zero-order valence-corrected chi connectivity index (χ0v) is 21.0. The number of fused-ring (bicyclic) bond motifs is 1. The number of carbonyl (C=O) groups excluding carboxylic acids is 3. The van der Waals surface area contributed by atoms with Crippen molar-refractivity contribution in [2.24, 2.45) is 17.6 Å². The third-order valence-corrected chi connectivity index (χ3v) is 6.47. The fourth-order valence-corrected chi connectivity index (χ4v) is 4.56. The first kappa shape index (κ1) is 30.1. The number of halogens is 7. The summed E-state index contributed by atoms with van der Waals surface area (Å²) in [5.74, 6) is -6.96. The number of benzene rings is 2. The van der Waals surface area contributed by atoms with Gasteiger partial charge in [0.2, 0.25) is 17.7 Å². The van der Waals surface area contributed by atoms with Crippen molar-refractivity contribution in [1.82, 2.24) is 5.32 Å². The summed E-state index contributed by atoms with van der Waals surface area (Å²) in [5.41, 5.74) is 6.65. The Morgan fingerprint density at radius 3 is 2.21 bits per heavy atom. The summed E-state index contributed by atoms with van der Waals surface area (Å²) in [4.78, 5) is 40.0. The number of para-hydroxylation sites is 2. The minimum Gasteiger partial charge on any atom is -0.369 e. The van der Waals surface area contributed by atoms with Crippen LogP contribution in [0, 0.1) is 11.8 Å². The van der Waals surface area contributed by atoms with E-state index in [9.17, 15) is 40.7 Å². The normalized spacial score (nSPS) is 17.5. The van der Waals surface area contributed by atoms with Gasteiger partial charge >= 0.3 is 12.4 Å². The molecule has 2 aromatic rings. The fourth-order valence-electron chi connectivity index (χ4n) is 4.37. The Bertz CT molecular complexity index is 1210. The van der Waals surface area contributed by atoms with Crippen LogP contribution in [0.2, 0.25) is 5.02 Å². The van der Waals surface area contributed by atoms with E-state index < -0.39 is 73.6 Å². The molecular formula is C25H25ClF6N4O3. The van der Waals surface area contributed by atoms with Crippen molar-refractivity contribution in [2.45, 2.75) is 44.1 Å². The molecule has 1 heterocycles. The molecule has 3 atom stereocenters. The first-order chi connectivity index (χ1) is 18.1. The van der Waals surface area contributed by atoms with E-state index in [2.05, 4.69) is 10.6 Å². The van der Waals surface area contributed by atoms with Gasteiger partial charge in [-0.15, -0.1) is 0 Å². The molecule has 0 radical (unpaired) electrons. The lowest BCUT2D eigenvalue weighted by molar-refractivity contribution is -0.152. The number of nitrogens with zero attached hydrogens (tertiary/aromatic N) is 1.